The third-order valence-corrected chi connectivity index (χ3v) is 13.0. The van der Waals surface area contributed by atoms with E-state index in [1.54, 1.807) is 0 Å². The number of anilines is 3. The summed E-state index contributed by atoms with van der Waals surface area (Å²) in [4.78, 5) is 2.39. The Kier molecular flexibility index (Phi) is 9.04. The lowest BCUT2D eigenvalue weighted by Gasteiger charge is -2.27. The lowest BCUT2D eigenvalue weighted by Crippen LogP contribution is -2.10. The predicted molar refractivity (Wildman–Crippen MR) is 270 cm³/mol. The van der Waals surface area contributed by atoms with E-state index in [4.69, 9.17) is 0 Å². The van der Waals surface area contributed by atoms with Gasteiger partial charge in [-0.15, -0.1) is 0 Å². The largest absolute Gasteiger partial charge is 0.310 e. The summed E-state index contributed by atoms with van der Waals surface area (Å²) in [5.74, 6) is 0. The zero-order chi connectivity index (χ0) is 41.7. The van der Waals surface area contributed by atoms with Crippen molar-refractivity contribution in [2.24, 2.45) is 0 Å². The van der Waals surface area contributed by atoms with Gasteiger partial charge in [0, 0.05) is 17.1 Å². The van der Waals surface area contributed by atoms with Crippen LogP contribution in [-0.4, -0.2) is 0 Å². The molecule has 0 unspecified atom stereocenters. The van der Waals surface area contributed by atoms with Crippen LogP contribution in [0.1, 0.15) is 17.5 Å². The average Bonchev–Trinajstić information content (AvgIpc) is 3.36. The van der Waals surface area contributed by atoms with Gasteiger partial charge in [-0.3, -0.25) is 0 Å². The first-order valence-electron chi connectivity index (χ1n) is 22.1. The molecule has 11 aromatic rings. The van der Waals surface area contributed by atoms with Crippen molar-refractivity contribution in [1.29, 1.82) is 0 Å². The second kappa shape index (κ2) is 15.5. The van der Waals surface area contributed by atoms with Crippen LogP contribution in [0.5, 0.6) is 0 Å². The highest BCUT2D eigenvalue weighted by Gasteiger charge is 2.22. The van der Waals surface area contributed by atoms with Gasteiger partial charge in [0.05, 0.1) is 0 Å². The molecule has 0 bridgehead atoms. The summed E-state index contributed by atoms with van der Waals surface area (Å²) in [6, 6.07) is 82.9. The van der Waals surface area contributed by atoms with Gasteiger partial charge in [-0.05, 0) is 166 Å². The van der Waals surface area contributed by atoms with E-state index in [0.717, 1.165) is 24.2 Å². The molecule has 0 spiro atoms. The van der Waals surface area contributed by atoms with Gasteiger partial charge in [-0.1, -0.05) is 182 Å². The number of nitrogens with zero attached hydrogens (tertiary/aromatic N) is 1. The van der Waals surface area contributed by atoms with E-state index in [0.29, 0.717) is 0 Å². The standard InChI is InChI=1S/C62H43N/c1-5-18-43(19-6-1)57-41-58(44-20-7-2-8-21-44)61-56-36-33-50(40-59(56)54-27-15-16-28-55(54)62(61)60(57)45-22-9-3-10-23-45)47-29-30-49-39-53(35-32-48(49)37-47)63(51-25-11-4-12-26-51)52-34-31-42-17-13-14-24-46(42)38-52/h1-13,15-23,25-41H,14,24H2. The molecular weight excluding hydrogens is 759 g/mol. The Morgan fingerprint density at radius 1 is 0.333 bits per heavy atom. The maximum atomic E-state index is 2.44. The number of hydrogen-bond donors (Lipinski definition) is 0. The second-order valence-electron chi connectivity index (χ2n) is 16.7. The van der Waals surface area contributed by atoms with Gasteiger partial charge in [0.15, 0.2) is 0 Å². The van der Waals surface area contributed by atoms with E-state index in [1.165, 1.54) is 104 Å². The van der Waals surface area contributed by atoms with Crippen molar-refractivity contribution in [3.05, 3.63) is 242 Å². The highest BCUT2D eigenvalue weighted by molar-refractivity contribution is 6.33. The Bertz CT molecular complexity index is 3530. The van der Waals surface area contributed by atoms with E-state index in [-0.39, 0.29) is 0 Å². The lowest BCUT2D eigenvalue weighted by atomic mass is 9.81. The van der Waals surface area contributed by atoms with Crippen LogP contribution in [0.3, 0.4) is 0 Å². The molecule has 11 aromatic carbocycles. The third-order valence-electron chi connectivity index (χ3n) is 13.0. The molecule has 296 valence electrons. The molecule has 1 heteroatoms. The van der Waals surface area contributed by atoms with Crippen molar-refractivity contribution >= 4 is 66.2 Å². The molecule has 1 aliphatic carbocycles. The van der Waals surface area contributed by atoms with E-state index in [9.17, 15) is 0 Å². The monoisotopic (exact) mass is 801 g/mol. The third kappa shape index (κ3) is 6.49. The second-order valence-corrected chi connectivity index (χ2v) is 16.7. The Hall–Kier alpha value is -8.00. The fraction of sp³-hybridized carbons (Fsp3) is 0.0323. The van der Waals surface area contributed by atoms with Crippen molar-refractivity contribution in [3.8, 4) is 44.5 Å². The lowest BCUT2D eigenvalue weighted by molar-refractivity contribution is 0.984. The molecule has 0 fully saturated rings. The SMILES string of the molecule is C1=Cc2ccc(N(c3ccccc3)c3ccc4cc(-c5ccc6c(c5)c5ccccc5c5c(-c7ccccc7)c(-c7ccccc7)cc(-c7ccccc7)c65)ccc4c3)cc2CC1. The van der Waals surface area contributed by atoms with Crippen LogP contribution in [0.2, 0.25) is 0 Å². The van der Waals surface area contributed by atoms with Crippen LogP contribution >= 0.6 is 0 Å². The summed E-state index contributed by atoms with van der Waals surface area (Å²) in [6.45, 7) is 0. The average molecular weight is 802 g/mol. The summed E-state index contributed by atoms with van der Waals surface area (Å²) >= 11 is 0. The number of hydrogen-bond acceptors (Lipinski definition) is 1. The predicted octanol–water partition coefficient (Wildman–Crippen LogP) is 17.4. The molecular formula is C62H43N. The van der Waals surface area contributed by atoms with Crippen LogP contribution in [0.4, 0.5) is 17.1 Å². The van der Waals surface area contributed by atoms with E-state index in [1.807, 2.05) is 0 Å². The number of fused-ring (bicyclic) bond motifs is 8. The highest BCUT2D eigenvalue weighted by atomic mass is 15.1. The number of aryl methyl sites for hydroxylation is 1. The Morgan fingerprint density at radius 3 is 1.67 bits per heavy atom. The maximum Gasteiger partial charge on any atom is 0.0468 e. The van der Waals surface area contributed by atoms with Crippen LogP contribution < -0.4 is 4.90 Å². The zero-order valence-corrected chi connectivity index (χ0v) is 34.9. The zero-order valence-electron chi connectivity index (χ0n) is 34.9. The quantitative estimate of drug-likeness (QED) is 0.145. The minimum absolute atomic E-state index is 1.07. The van der Waals surface area contributed by atoms with Crippen molar-refractivity contribution < 1.29 is 0 Å². The number of allylic oxidation sites excluding steroid dienone is 1. The molecule has 1 aliphatic rings. The molecule has 12 rings (SSSR count). The van der Waals surface area contributed by atoms with Crippen LogP contribution in [-0.2, 0) is 6.42 Å². The summed E-state index contributed by atoms with van der Waals surface area (Å²) in [5.41, 5.74) is 16.0. The number of para-hydroxylation sites is 1. The summed E-state index contributed by atoms with van der Waals surface area (Å²) in [6.07, 6.45) is 6.70. The molecule has 1 nitrogen and oxygen atoms in total. The van der Waals surface area contributed by atoms with E-state index in [2.05, 4.69) is 242 Å². The molecule has 0 radical (unpaired) electrons. The molecule has 0 saturated carbocycles. The Balaban J connectivity index is 1.04. The van der Waals surface area contributed by atoms with Gasteiger partial charge in [0.1, 0.15) is 0 Å². The molecule has 0 aromatic heterocycles. The molecule has 0 N–H and O–H groups in total. The smallest absolute Gasteiger partial charge is 0.0468 e. The summed E-state index contributed by atoms with van der Waals surface area (Å²) in [7, 11) is 0. The molecule has 0 heterocycles. The fourth-order valence-electron chi connectivity index (χ4n) is 10.1. The Labute approximate surface area is 368 Å². The van der Waals surface area contributed by atoms with Gasteiger partial charge >= 0.3 is 0 Å². The molecule has 0 aliphatic heterocycles. The van der Waals surface area contributed by atoms with E-state index < -0.39 is 0 Å². The topological polar surface area (TPSA) is 3.24 Å². The van der Waals surface area contributed by atoms with Gasteiger partial charge in [-0.25, -0.2) is 0 Å². The van der Waals surface area contributed by atoms with Gasteiger partial charge < -0.3 is 4.90 Å². The molecule has 63 heavy (non-hydrogen) atoms. The minimum Gasteiger partial charge on any atom is -0.310 e. The van der Waals surface area contributed by atoms with Gasteiger partial charge in [0.25, 0.3) is 0 Å². The van der Waals surface area contributed by atoms with Crippen LogP contribution in [0.15, 0.2) is 231 Å². The normalized spacial score (nSPS) is 12.3. The van der Waals surface area contributed by atoms with Gasteiger partial charge in [0.2, 0.25) is 0 Å². The highest BCUT2D eigenvalue weighted by Crippen LogP contribution is 2.49. The molecule has 0 atom stereocenters. The van der Waals surface area contributed by atoms with Crippen LogP contribution in [0.25, 0.3) is 93.7 Å². The van der Waals surface area contributed by atoms with Crippen molar-refractivity contribution in [3.63, 3.8) is 0 Å². The Morgan fingerprint density at radius 2 is 0.905 bits per heavy atom. The minimum atomic E-state index is 1.07. The molecule has 0 saturated heterocycles. The summed E-state index contributed by atoms with van der Waals surface area (Å²) in [5, 5.41) is 10.0. The van der Waals surface area contributed by atoms with Crippen molar-refractivity contribution in [2.45, 2.75) is 12.8 Å². The van der Waals surface area contributed by atoms with Crippen molar-refractivity contribution in [2.75, 3.05) is 4.90 Å². The summed E-state index contributed by atoms with van der Waals surface area (Å²) < 4.78 is 0. The number of rotatable bonds is 7. The van der Waals surface area contributed by atoms with Crippen LogP contribution in [0, 0.1) is 0 Å². The first kappa shape index (κ1) is 36.8. The molecule has 0 amide bonds. The fourth-order valence-corrected chi connectivity index (χ4v) is 10.1. The maximum absolute atomic E-state index is 2.44. The van der Waals surface area contributed by atoms with E-state index >= 15 is 0 Å². The van der Waals surface area contributed by atoms with Crippen molar-refractivity contribution in [1.82, 2.24) is 0 Å². The number of benzene rings is 11. The first-order chi connectivity index (χ1) is 31.2. The first-order valence-corrected chi connectivity index (χ1v) is 22.1. The van der Waals surface area contributed by atoms with Gasteiger partial charge in [-0.2, -0.15) is 0 Å².